The number of fused-ring (bicyclic) bond motifs is 1. The second-order valence-corrected chi connectivity index (χ2v) is 10.8. The van der Waals surface area contributed by atoms with Gasteiger partial charge in [-0.1, -0.05) is 25.3 Å². The van der Waals surface area contributed by atoms with Crippen molar-refractivity contribution in [2.24, 2.45) is 0 Å². The van der Waals surface area contributed by atoms with Crippen molar-refractivity contribution >= 4 is 28.8 Å². The van der Waals surface area contributed by atoms with Crippen molar-refractivity contribution in [3.63, 3.8) is 0 Å². The molecule has 1 saturated carbocycles. The molecular weight excluding hydrogens is 532 g/mol. The van der Waals surface area contributed by atoms with Crippen molar-refractivity contribution in [2.45, 2.75) is 50.6 Å². The van der Waals surface area contributed by atoms with E-state index in [4.69, 9.17) is 23.7 Å². The number of methoxy groups -OCH3 is 3. The smallest absolute Gasteiger partial charge is 0.248 e. The molecule has 0 spiro atoms. The largest absolute Gasteiger partial charge is 0.493 e. The lowest BCUT2D eigenvalue weighted by Gasteiger charge is -2.34. The average Bonchev–Trinajstić information content (AvgIpc) is 3.67. The predicted octanol–water partition coefficient (Wildman–Crippen LogP) is 5.27. The third kappa shape index (κ3) is 5.82. The zero-order valence-electron chi connectivity index (χ0n) is 22.9. The molecule has 10 heteroatoms. The Kier molecular flexibility index (Phi) is 8.64. The Balaban J connectivity index is 1.64. The van der Waals surface area contributed by atoms with Crippen LogP contribution in [0.3, 0.4) is 0 Å². The highest BCUT2D eigenvalue weighted by Crippen LogP contribution is 2.43. The lowest BCUT2D eigenvalue weighted by atomic mass is 9.94. The van der Waals surface area contributed by atoms with Crippen LogP contribution in [0.4, 0.5) is 5.69 Å². The maximum Gasteiger partial charge on any atom is 0.248 e. The summed E-state index contributed by atoms with van der Waals surface area (Å²) in [7, 11) is 4.57. The van der Waals surface area contributed by atoms with Gasteiger partial charge in [-0.3, -0.25) is 14.5 Å². The summed E-state index contributed by atoms with van der Waals surface area (Å²) in [6.45, 7) is 0.0976. The molecule has 0 bridgehead atoms. The standard InChI is InChI=1S/C30H34N2O7S/c1-35-25-14-19(15-26(36-2)29(25)37-3)28(30(34)31-20-8-5-4-6-9-20)32(27(33)17-22-10-7-13-40-22)21-11-12-23-24(16-21)39-18-38-23/h7,10-16,20,28H,4-6,8-9,17-18H2,1-3H3,(H,31,34)/t28-/m0/s1. The van der Waals surface area contributed by atoms with Crippen LogP contribution in [-0.4, -0.2) is 46.0 Å². The van der Waals surface area contributed by atoms with Crippen molar-refractivity contribution < 1.29 is 33.3 Å². The second kappa shape index (κ2) is 12.5. The van der Waals surface area contributed by atoms with Crippen LogP contribution in [0, 0.1) is 0 Å². The summed E-state index contributed by atoms with van der Waals surface area (Å²) in [6.07, 6.45) is 5.21. The number of nitrogens with zero attached hydrogens (tertiary/aromatic N) is 1. The van der Waals surface area contributed by atoms with Gasteiger partial charge >= 0.3 is 0 Å². The second-order valence-electron chi connectivity index (χ2n) is 9.76. The fourth-order valence-electron chi connectivity index (χ4n) is 5.32. The number of carbonyl (C=O) groups is 2. The van der Waals surface area contributed by atoms with Gasteiger partial charge in [-0.2, -0.15) is 0 Å². The third-order valence-electron chi connectivity index (χ3n) is 7.27. The van der Waals surface area contributed by atoms with Gasteiger partial charge in [0.05, 0.1) is 27.8 Å². The Hall–Kier alpha value is -3.92. The van der Waals surface area contributed by atoms with Crippen molar-refractivity contribution in [1.82, 2.24) is 5.32 Å². The molecule has 3 aromatic rings. The quantitative estimate of drug-likeness (QED) is 0.357. The number of anilines is 1. The number of thiophene rings is 1. The first-order valence-electron chi connectivity index (χ1n) is 13.4. The van der Waals surface area contributed by atoms with Gasteiger partial charge in [-0.25, -0.2) is 0 Å². The van der Waals surface area contributed by atoms with E-state index in [1.165, 1.54) is 32.7 Å². The van der Waals surface area contributed by atoms with Crippen molar-refractivity contribution in [1.29, 1.82) is 0 Å². The minimum absolute atomic E-state index is 0.0387. The molecule has 0 saturated heterocycles. The molecule has 1 aliphatic carbocycles. The van der Waals surface area contributed by atoms with E-state index in [1.54, 1.807) is 35.2 Å². The van der Waals surface area contributed by atoms with E-state index >= 15 is 0 Å². The van der Waals surface area contributed by atoms with E-state index in [0.29, 0.717) is 40.0 Å². The van der Waals surface area contributed by atoms with Crippen molar-refractivity contribution in [3.05, 3.63) is 58.3 Å². The number of benzene rings is 2. The van der Waals surface area contributed by atoms with E-state index in [0.717, 1.165) is 37.0 Å². The lowest BCUT2D eigenvalue weighted by Crippen LogP contribution is -2.47. The fraction of sp³-hybridized carbons (Fsp3) is 0.400. The van der Waals surface area contributed by atoms with E-state index in [9.17, 15) is 9.59 Å². The molecule has 1 atom stereocenters. The number of ether oxygens (including phenoxy) is 5. The molecule has 1 N–H and O–H groups in total. The van der Waals surface area contributed by atoms with Gasteiger partial charge in [0, 0.05) is 22.7 Å². The molecule has 1 aliphatic heterocycles. The summed E-state index contributed by atoms with van der Waals surface area (Å²) in [5.74, 6) is 1.78. The van der Waals surface area contributed by atoms with Crippen LogP contribution in [-0.2, 0) is 16.0 Å². The molecule has 5 rings (SSSR count). The van der Waals surface area contributed by atoms with E-state index in [2.05, 4.69) is 5.32 Å². The van der Waals surface area contributed by atoms with Gasteiger partial charge in [-0.15, -0.1) is 11.3 Å². The summed E-state index contributed by atoms with van der Waals surface area (Å²) in [5.41, 5.74) is 1.04. The number of amides is 2. The number of hydrogen-bond acceptors (Lipinski definition) is 8. The molecule has 0 radical (unpaired) electrons. The van der Waals surface area contributed by atoms with Crippen LogP contribution >= 0.6 is 11.3 Å². The molecule has 1 fully saturated rings. The Bertz CT molecular complexity index is 1310. The van der Waals surface area contributed by atoms with Gasteiger partial charge in [0.25, 0.3) is 0 Å². The normalized spacial score (nSPS) is 15.3. The SMILES string of the molecule is COc1cc([C@@H](C(=O)NC2CCCCC2)N(C(=O)Cc2cccs2)c2ccc3c(c2)OCO3)cc(OC)c1OC. The van der Waals surface area contributed by atoms with E-state index in [-0.39, 0.29) is 31.1 Å². The molecule has 2 aliphatic rings. The van der Waals surface area contributed by atoms with Crippen LogP contribution in [0.1, 0.15) is 48.6 Å². The Morgan fingerprint density at radius 3 is 2.35 bits per heavy atom. The molecule has 0 unspecified atom stereocenters. The third-order valence-corrected chi connectivity index (χ3v) is 8.15. The number of carbonyl (C=O) groups excluding carboxylic acids is 2. The van der Waals surface area contributed by atoms with Gasteiger partial charge in [-0.05, 0) is 54.1 Å². The first-order chi connectivity index (χ1) is 19.5. The summed E-state index contributed by atoms with van der Waals surface area (Å²) in [6, 6.07) is 11.6. The van der Waals surface area contributed by atoms with Crippen LogP contribution in [0.15, 0.2) is 47.8 Å². The summed E-state index contributed by atoms with van der Waals surface area (Å²) < 4.78 is 27.9. The molecule has 9 nitrogen and oxygen atoms in total. The summed E-state index contributed by atoms with van der Waals surface area (Å²) in [4.78, 5) is 30.8. The topological polar surface area (TPSA) is 95.6 Å². The fourth-order valence-corrected chi connectivity index (χ4v) is 6.02. The zero-order chi connectivity index (χ0) is 28.1. The number of hydrogen-bond donors (Lipinski definition) is 1. The summed E-state index contributed by atoms with van der Waals surface area (Å²) >= 11 is 1.50. The van der Waals surface area contributed by atoms with Gasteiger partial charge in [0.15, 0.2) is 23.0 Å². The summed E-state index contributed by atoms with van der Waals surface area (Å²) in [5, 5.41) is 5.17. The number of rotatable bonds is 10. The maximum absolute atomic E-state index is 14.2. The molecule has 2 amide bonds. The van der Waals surface area contributed by atoms with Crippen LogP contribution in [0.5, 0.6) is 28.7 Å². The van der Waals surface area contributed by atoms with Crippen LogP contribution in [0.2, 0.25) is 0 Å². The van der Waals surface area contributed by atoms with Crippen molar-refractivity contribution in [3.8, 4) is 28.7 Å². The molecular formula is C30H34N2O7S. The minimum atomic E-state index is -1.02. The first kappa shape index (κ1) is 27.6. The lowest BCUT2D eigenvalue weighted by molar-refractivity contribution is -0.127. The van der Waals surface area contributed by atoms with E-state index < -0.39 is 6.04 Å². The molecule has 2 heterocycles. The highest BCUT2D eigenvalue weighted by Gasteiger charge is 2.36. The number of nitrogens with one attached hydrogen (secondary N) is 1. The Labute approximate surface area is 237 Å². The van der Waals surface area contributed by atoms with Crippen LogP contribution < -0.4 is 33.9 Å². The van der Waals surface area contributed by atoms with Gasteiger partial charge in [0.1, 0.15) is 6.04 Å². The molecule has 2 aromatic carbocycles. The average molecular weight is 567 g/mol. The molecule has 1 aromatic heterocycles. The van der Waals surface area contributed by atoms with Gasteiger partial charge in [0.2, 0.25) is 24.4 Å². The first-order valence-corrected chi connectivity index (χ1v) is 14.2. The van der Waals surface area contributed by atoms with E-state index in [1.807, 2.05) is 17.5 Å². The van der Waals surface area contributed by atoms with Crippen LogP contribution in [0.25, 0.3) is 0 Å². The molecule has 40 heavy (non-hydrogen) atoms. The Morgan fingerprint density at radius 2 is 1.70 bits per heavy atom. The Morgan fingerprint density at radius 1 is 0.975 bits per heavy atom. The maximum atomic E-state index is 14.2. The highest BCUT2D eigenvalue weighted by atomic mass is 32.1. The predicted molar refractivity (Wildman–Crippen MR) is 152 cm³/mol. The minimum Gasteiger partial charge on any atom is -0.493 e. The van der Waals surface area contributed by atoms with Gasteiger partial charge < -0.3 is 29.0 Å². The highest BCUT2D eigenvalue weighted by molar-refractivity contribution is 7.10. The van der Waals surface area contributed by atoms with Crippen molar-refractivity contribution in [2.75, 3.05) is 33.0 Å². The zero-order valence-corrected chi connectivity index (χ0v) is 23.8. The monoisotopic (exact) mass is 566 g/mol. The molecule has 212 valence electrons.